The van der Waals surface area contributed by atoms with Crippen LogP contribution in [-0.2, 0) is 0 Å². The fraction of sp³-hybridized carbons (Fsp3) is 0.105. The highest BCUT2D eigenvalue weighted by Crippen LogP contribution is 2.25. The molecule has 0 bridgehead atoms. The van der Waals surface area contributed by atoms with Crippen LogP contribution >= 0.6 is 0 Å². The van der Waals surface area contributed by atoms with E-state index in [0.717, 1.165) is 16.3 Å². The maximum Gasteiger partial charge on any atom is 0.254 e. The van der Waals surface area contributed by atoms with E-state index in [1.165, 1.54) is 0 Å². The van der Waals surface area contributed by atoms with Gasteiger partial charge in [0.25, 0.3) is 5.91 Å². The van der Waals surface area contributed by atoms with Crippen molar-refractivity contribution in [2.24, 2.45) is 0 Å². The van der Waals surface area contributed by atoms with E-state index in [0.29, 0.717) is 6.07 Å². The summed E-state index contributed by atoms with van der Waals surface area (Å²) in [4.78, 5) is 12.2. The molecule has 0 aliphatic rings. The number of hydrogen-bond donors (Lipinski definition) is 1. The Kier molecular flexibility index (Phi) is 4.44. The lowest BCUT2D eigenvalue weighted by atomic mass is 9.99. The Morgan fingerprint density at radius 2 is 1.60 bits per heavy atom. The molecule has 25 heavy (non-hydrogen) atoms. The van der Waals surface area contributed by atoms with Crippen LogP contribution in [0.25, 0.3) is 10.8 Å². The summed E-state index contributed by atoms with van der Waals surface area (Å²) in [5.74, 6) is -8.33. The monoisotopic (exact) mass is 347 g/mol. The first kappa shape index (κ1) is 17.0. The van der Waals surface area contributed by atoms with E-state index in [1.54, 1.807) is 19.1 Å². The minimum absolute atomic E-state index is 0.346. The molecule has 1 N–H and O–H groups in total. The van der Waals surface area contributed by atoms with Crippen LogP contribution in [0.3, 0.4) is 0 Å². The predicted molar refractivity (Wildman–Crippen MR) is 86.1 cm³/mol. The van der Waals surface area contributed by atoms with Crippen molar-refractivity contribution in [2.45, 2.75) is 13.0 Å². The van der Waals surface area contributed by atoms with Gasteiger partial charge in [0.2, 0.25) is 0 Å². The number of benzene rings is 3. The molecule has 0 aliphatic carbocycles. The van der Waals surface area contributed by atoms with E-state index in [9.17, 15) is 22.4 Å². The molecule has 2 nitrogen and oxygen atoms in total. The van der Waals surface area contributed by atoms with E-state index in [1.807, 2.05) is 30.3 Å². The number of carbonyl (C=O) groups excluding carboxylic acids is 1. The Hall–Kier alpha value is -2.89. The van der Waals surface area contributed by atoms with Gasteiger partial charge in [0.05, 0.1) is 11.6 Å². The minimum atomic E-state index is -2.01. The van der Waals surface area contributed by atoms with Gasteiger partial charge in [0.1, 0.15) is 0 Å². The second-order valence-corrected chi connectivity index (χ2v) is 5.61. The fourth-order valence-electron chi connectivity index (χ4n) is 2.72. The van der Waals surface area contributed by atoms with Crippen molar-refractivity contribution in [2.75, 3.05) is 0 Å². The van der Waals surface area contributed by atoms with E-state index >= 15 is 0 Å². The zero-order valence-electron chi connectivity index (χ0n) is 13.1. The topological polar surface area (TPSA) is 29.1 Å². The van der Waals surface area contributed by atoms with Crippen molar-refractivity contribution < 1.29 is 22.4 Å². The summed E-state index contributed by atoms with van der Waals surface area (Å²) < 4.78 is 53.4. The second-order valence-electron chi connectivity index (χ2n) is 5.61. The summed E-state index contributed by atoms with van der Waals surface area (Å²) in [6.07, 6.45) is 0. The molecule has 1 amide bonds. The van der Waals surface area contributed by atoms with Gasteiger partial charge in [-0.3, -0.25) is 4.79 Å². The number of amides is 1. The second kappa shape index (κ2) is 6.55. The quantitative estimate of drug-likeness (QED) is 0.408. The normalized spacial score (nSPS) is 12.2. The lowest BCUT2D eigenvalue weighted by Gasteiger charge is -2.17. The highest BCUT2D eigenvalue weighted by molar-refractivity contribution is 5.95. The van der Waals surface area contributed by atoms with E-state index in [2.05, 4.69) is 5.32 Å². The third-order valence-corrected chi connectivity index (χ3v) is 3.98. The van der Waals surface area contributed by atoms with E-state index in [-0.39, 0.29) is 0 Å². The Balaban J connectivity index is 1.93. The van der Waals surface area contributed by atoms with Gasteiger partial charge in [0, 0.05) is 0 Å². The number of hydrogen-bond acceptors (Lipinski definition) is 1. The summed E-state index contributed by atoms with van der Waals surface area (Å²) in [6, 6.07) is 12.8. The number of carbonyl (C=O) groups is 1. The standard InChI is InChI=1S/C19H13F4NO/c1-10(12-8-4-6-11-5-2-3-7-13(11)12)24-19(25)14-9-15(20)17(22)18(23)16(14)21/h2-10H,1H3,(H,24,25). The number of rotatable bonds is 3. The Bertz CT molecular complexity index is 966. The number of nitrogens with one attached hydrogen (secondary N) is 1. The van der Waals surface area contributed by atoms with Gasteiger partial charge in [-0.1, -0.05) is 42.5 Å². The average Bonchev–Trinajstić information content (AvgIpc) is 2.62. The van der Waals surface area contributed by atoms with Crippen LogP contribution in [0.5, 0.6) is 0 Å². The van der Waals surface area contributed by atoms with E-state index in [4.69, 9.17) is 0 Å². The van der Waals surface area contributed by atoms with Gasteiger partial charge in [-0.25, -0.2) is 17.6 Å². The molecule has 0 aliphatic heterocycles. The van der Waals surface area contributed by atoms with Crippen LogP contribution in [0.2, 0.25) is 0 Å². The molecule has 1 unspecified atom stereocenters. The smallest absolute Gasteiger partial charge is 0.254 e. The van der Waals surface area contributed by atoms with Gasteiger partial charge < -0.3 is 5.32 Å². The van der Waals surface area contributed by atoms with Crippen LogP contribution in [0.15, 0.2) is 48.5 Å². The number of halogens is 4. The average molecular weight is 347 g/mol. The highest BCUT2D eigenvalue weighted by Gasteiger charge is 2.24. The molecular formula is C19H13F4NO. The minimum Gasteiger partial charge on any atom is -0.345 e. The summed E-state index contributed by atoms with van der Waals surface area (Å²) in [7, 11) is 0. The zero-order valence-corrected chi connectivity index (χ0v) is 13.1. The van der Waals surface area contributed by atoms with Crippen LogP contribution in [0, 0.1) is 23.3 Å². The highest BCUT2D eigenvalue weighted by atomic mass is 19.2. The van der Waals surface area contributed by atoms with Crippen molar-refractivity contribution in [3.05, 3.63) is 82.9 Å². The lowest BCUT2D eigenvalue weighted by molar-refractivity contribution is 0.0934. The summed E-state index contributed by atoms with van der Waals surface area (Å²) in [5, 5.41) is 4.32. The molecule has 0 saturated carbocycles. The zero-order chi connectivity index (χ0) is 18.1. The Morgan fingerprint density at radius 1 is 0.920 bits per heavy atom. The van der Waals surface area contributed by atoms with Gasteiger partial charge in [-0.2, -0.15) is 0 Å². The summed E-state index contributed by atoms with van der Waals surface area (Å²) in [5.41, 5.74) is -0.126. The molecule has 0 fully saturated rings. The molecular weight excluding hydrogens is 334 g/mol. The van der Waals surface area contributed by atoms with Crippen LogP contribution < -0.4 is 5.32 Å². The maximum absolute atomic E-state index is 13.8. The molecule has 6 heteroatoms. The molecule has 0 heterocycles. The lowest BCUT2D eigenvalue weighted by Crippen LogP contribution is -2.28. The van der Waals surface area contributed by atoms with Gasteiger partial charge in [-0.05, 0) is 29.3 Å². The fourth-order valence-corrected chi connectivity index (χ4v) is 2.72. The van der Waals surface area contributed by atoms with Crippen LogP contribution in [0.1, 0.15) is 28.9 Å². The largest absolute Gasteiger partial charge is 0.345 e. The van der Waals surface area contributed by atoms with Gasteiger partial charge in [-0.15, -0.1) is 0 Å². The van der Waals surface area contributed by atoms with Crippen LogP contribution in [-0.4, -0.2) is 5.91 Å². The van der Waals surface area contributed by atoms with Crippen molar-refractivity contribution in [3.63, 3.8) is 0 Å². The van der Waals surface area contributed by atoms with Gasteiger partial charge in [0.15, 0.2) is 23.3 Å². The van der Waals surface area contributed by atoms with Crippen molar-refractivity contribution in [3.8, 4) is 0 Å². The molecule has 1 atom stereocenters. The third kappa shape index (κ3) is 3.07. The van der Waals surface area contributed by atoms with Gasteiger partial charge >= 0.3 is 0 Å². The maximum atomic E-state index is 13.8. The first-order valence-corrected chi connectivity index (χ1v) is 7.51. The summed E-state index contributed by atoms with van der Waals surface area (Å²) >= 11 is 0. The molecule has 3 rings (SSSR count). The van der Waals surface area contributed by atoms with Crippen molar-refractivity contribution in [1.29, 1.82) is 0 Å². The Labute approximate surface area is 141 Å². The van der Waals surface area contributed by atoms with Crippen molar-refractivity contribution >= 4 is 16.7 Å². The molecule has 0 spiro atoms. The summed E-state index contributed by atoms with van der Waals surface area (Å²) in [6.45, 7) is 1.66. The third-order valence-electron chi connectivity index (χ3n) is 3.98. The molecule has 0 aromatic heterocycles. The predicted octanol–water partition coefficient (Wildman–Crippen LogP) is 4.89. The molecule has 3 aromatic carbocycles. The van der Waals surface area contributed by atoms with Crippen molar-refractivity contribution in [1.82, 2.24) is 5.32 Å². The molecule has 128 valence electrons. The Morgan fingerprint density at radius 3 is 2.36 bits per heavy atom. The first-order valence-electron chi connectivity index (χ1n) is 7.51. The molecule has 3 aromatic rings. The van der Waals surface area contributed by atoms with Crippen LogP contribution in [0.4, 0.5) is 17.6 Å². The molecule has 0 radical (unpaired) electrons. The first-order chi connectivity index (χ1) is 11.9. The number of fused-ring (bicyclic) bond motifs is 1. The SMILES string of the molecule is CC(NC(=O)c1cc(F)c(F)c(F)c1F)c1cccc2ccccc12. The molecule has 0 saturated heterocycles. The van der Waals surface area contributed by atoms with E-state index < -0.39 is 40.8 Å².